The Kier molecular flexibility index (Phi) is 10.3. The molecule has 0 radical (unpaired) electrons. The Labute approximate surface area is 249 Å². The van der Waals surface area contributed by atoms with Crippen LogP contribution >= 0.6 is 27.5 Å². The second kappa shape index (κ2) is 13.7. The normalized spacial score (nSPS) is 14.8. The van der Waals surface area contributed by atoms with Crippen molar-refractivity contribution >= 4 is 55.1 Å². The SMILES string of the molecule is C[C@@H](C(=O)NC1CCCCC1)N(Cc1ccc(Cl)cc1)C(=O)CN(c1cccc(Br)c1)S(=O)(=O)c1ccccc1. The lowest BCUT2D eigenvalue weighted by molar-refractivity contribution is -0.139. The summed E-state index contributed by atoms with van der Waals surface area (Å²) in [6, 6.07) is 21.1. The van der Waals surface area contributed by atoms with E-state index in [9.17, 15) is 18.0 Å². The van der Waals surface area contributed by atoms with Crippen LogP contribution < -0.4 is 9.62 Å². The van der Waals surface area contributed by atoms with E-state index in [1.165, 1.54) is 17.0 Å². The van der Waals surface area contributed by atoms with Crippen molar-refractivity contribution in [1.82, 2.24) is 10.2 Å². The van der Waals surface area contributed by atoms with Crippen LogP contribution in [0.2, 0.25) is 5.02 Å². The number of sulfonamides is 1. The first-order chi connectivity index (χ1) is 19.1. The molecule has 1 fully saturated rings. The summed E-state index contributed by atoms with van der Waals surface area (Å²) in [6.07, 6.45) is 5.10. The Morgan fingerprint density at radius 3 is 2.30 bits per heavy atom. The van der Waals surface area contributed by atoms with E-state index in [0.717, 1.165) is 42.0 Å². The molecule has 0 bridgehead atoms. The number of hydrogen-bond donors (Lipinski definition) is 1. The zero-order valence-corrected chi connectivity index (χ0v) is 25.5. The minimum atomic E-state index is -4.10. The molecule has 1 atom stereocenters. The molecule has 4 rings (SSSR count). The summed E-state index contributed by atoms with van der Waals surface area (Å²) in [6.45, 7) is 1.32. The molecule has 1 aliphatic carbocycles. The van der Waals surface area contributed by atoms with Crippen molar-refractivity contribution in [2.24, 2.45) is 0 Å². The summed E-state index contributed by atoms with van der Waals surface area (Å²) in [4.78, 5) is 28.9. The van der Waals surface area contributed by atoms with Crippen LogP contribution in [-0.4, -0.2) is 43.8 Å². The molecule has 1 aliphatic rings. The average molecular weight is 647 g/mol. The fourth-order valence-corrected chi connectivity index (χ4v) is 6.76. The highest BCUT2D eigenvalue weighted by Gasteiger charge is 2.33. The van der Waals surface area contributed by atoms with Crippen LogP contribution in [0, 0.1) is 0 Å². The van der Waals surface area contributed by atoms with E-state index >= 15 is 0 Å². The number of hydrogen-bond acceptors (Lipinski definition) is 4. The molecule has 1 saturated carbocycles. The Morgan fingerprint density at radius 1 is 0.975 bits per heavy atom. The van der Waals surface area contributed by atoms with Crippen molar-refractivity contribution in [1.29, 1.82) is 0 Å². The van der Waals surface area contributed by atoms with Crippen LogP contribution in [-0.2, 0) is 26.2 Å². The molecule has 0 aromatic heterocycles. The second-order valence-corrected chi connectivity index (χ2v) is 13.2. The Balaban J connectivity index is 1.66. The monoisotopic (exact) mass is 645 g/mol. The van der Waals surface area contributed by atoms with Crippen molar-refractivity contribution < 1.29 is 18.0 Å². The fourth-order valence-electron chi connectivity index (χ4n) is 4.82. The van der Waals surface area contributed by atoms with Crippen LogP contribution in [0.15, 0.2) is 88.2 Å². The van der Waals surface area contributed by atoms with Crippen molar-refractivity contribution in [3.05, 3.63) is 93.9 Å². The summed E-state index contributed by atoms with van der Waals surface area (Å²) < 4.78 is 29.4. The Hall–Kier alpha value is -2.88. The summed E-state index contributed by atoms with van der Waals surface area (Å²) in [5.74, 6) is -0.755. The lowest BCUT2D eigenvalue weighted by Gasteiger charge is -2.33. The highest BCUT2D eigenvalue weighted by atomic mass is 79.9. The van der Waals surface area contributed by atoms with Crippen molar-refractivity contribution in [3.63, 3.8) is 0 Å². The van der Waals surface area contributed by atoms with Crippen LogP contribution in [0.4, 0.5) is 5.69 Å². The van der Waals surface area contributed by atoms with Crippen LogP contribution in [0.1, 0.15) is 44.6 Å². The maximum absolute atomic E-state index is 14.0. The molecule has 0 saturated heterocycles. The molecule has 3 aromatic rings. The first kappa shape index (κ1) is 30.1. The van der Waals surface area contributed by atoms with E-state index in [0.29, 0.717) is 15.2 Å². The number of halogens is 2. The average Bonchev–Trinajstić information content (AvgIpc) is 2.96. The maximum atomic E-state index is 14.0. The molecule has 0 aliphatic heterocycles. The van der Waals surface area contributed by atoms with Gasteiger partial charge in [-0.2, -0.15) is 0 Å². The van der Waals surface area contributed by atoms with Crippen molar-refractivity contribution in [3.8, 4) is 0 Å². The van der Waals surface area contributed by atoms with E-state index in [-0.39, 0.29) is 23.4 Å². The molecular weight excluding hydrogens is 614 g/mol. The van der Waals surface area contributed by atoms with E-state index in [1.807, 2.05) is 0 Å². The van der Waals surface area contributed by atoms with Gasteiger partial charge < -0.3 is 10.2 Å². The van der Waals surface area contributed by atoms with Gasteiger partial charge in [-0.25, -0.2) is 8.42 Å². The van der Waals surface area contributed by atoms with Crippen molar-refractivity contribution in [2.75, 3.05) is 10.8 Å². The number of nitrogens with one attached hydrogen (secondary N) is 1. The lowest BCUT2D eigenvalue weighted by atomic mass is 9.95. The standard InChI is InChI=1S/C30H33BrClN3O4S/c1-22(30(37)33-26-10-4-2-5-11-26)34(20-23-15-17-25(32)18-16-23)29(36)21-35(27-12-8-9-24(31)19-27)40(38,39)28-13-6-3-7-14-28/h3,6-9,12-19,22,26H,2,4-5,10-11,20-21H2,1H3,(H,33,37)/t22-/m0/s1. The molecule has 212 valence electrons. The third-order valence-corrected chi connectivity index (χ3v) is 9.62. The topological polar surface area (TPSA) is 86.8 Å². The summed E-state index contributed by atoms with van der Waals surface area (Å²) in [7, 11) is -4.10. The third-order valence-electron chi connectivity index (χ3n) is 7.09. The van der Waals surface area contributed by atoms with Gasteiger partial charge in [-0.05, 0) is 67.8 Å². The molecule has 0 unspecified atom stereocenters. The predicted molar refractivity (Wildman–Crippen MR) is 162 cm³/mol. The summed E-state index contributed by atoms with van der Waals surface area (Å²) >= 11 is 9.48. The maximum Gasteiger partial charge on any atom is 0.264 e. The first-order valence-corrected chi connectivity index (χ1v) is 15.9. The lowest BCUT2D eigenvalue weighted by Crippen LogP contribution is -2.53. The number of carbonyl (C=O) groups is 2. The zero-order valence-electron chi connectivity index (χ0n) is 22.3. The summed E-state index contributed by atoms with van der Waals surface area (Å²) in [5.41, 5.74) is 1.10. The largest absolute Gasteiger partial charge is 0.352 e. The molecule has 7 nitrogen and oxygen atoms in total. The Bertz CT molecular complexity index is 1410. The highest BCUT2D eigenvalue weighted by Crippen LogP contribution is 2.27. The molecule has 10 heteroatoms. The number of benzene rings is 3. The molecule has 2 amide bonds. The minimum Gasteiger partial charge on any atom is -0.352 e. The molecule has 40 heavy (non-hydrogen) atoms. The van der Waals surface area contributed by atoms with Gasteiger partial charge in [0.2, 0.25) is 11.8 Å². The third kappa shape index (κ3) is 7.65. The molecule has 0 heterocycles. The highest BCUT2D eigenvalue weighted by molar-refractivity contribution is 9.10. The van der Waals surface area contributed by atoms with Gasteiger partial charge >= 0.3 is 0 Å². The second-order valence-electron chi connectivity index (χ2n) is 9.97. The van der Waals surface area contributed by atoms with Gasteiger partial charge in [0.1, 0.15) is 12.6 Å². The van der Waals surface area contributed by atoms with Gasteiger partial charge in [0.25, 0.3) is 10.0 Å². The van der Waals surface area contributed by atoms with E-state index < -0.39 is 28.5 Å². The van der Waals surface area contributed by atoms with E-state index in [1.54, 1.807) is 73.7 Å². The van der Waals surface area contributed by atoms with E-state index in [2.05, 4.69) is 21.2 Å². The number of amides is 2. The molecular formula is C30H33BrClN3O4S. The molecule has 0 spiro atoms. The van der Waals surface area contributed by atoms with Gasteiger partial charge in [0.15, 0.2) is 0 Å². The zero-order chi connectivity index (χ0) is 28.7. The van der Waals surface area contributed by atoms with Gasteiger partial charge in [-0.1, -0.05) is 83.2 Å². The number of nitrogens with zero attached hydrogens (tertiary/aromatic N) is 2. The minimum absolute atomic E-state index is 0.0649. The van der Waals surface area contributed by atoms with Gasteiger partial charge in [0.05, 0.1) is 10.6 Å². The number of rotatable bonds is 10. The Morgan fingerprint density at radius 2 is 1.65 bits per heavy atom. The molecule has 1 N–H and O–H groups in total. The van der Waals surface area contributed by atoms with Crippen LogP contribution in [0.5, 0.6) is 0 Å². The number of anilines is 1. The number of carbonyl (C=O) groups excluding carboxylic acids is 2. The fraction of sp³-hybridized carbons (Fsp3) is 0.333. The molecule has 3 aromatic carbocycles. The van der Waals surface area contributed by atoms with Crippen LogP contribution in [0.25, 0.3) is 0 Å². The predicted octanol–water partition coefficient (Wildman–Crippen LogP) is 6.16. The summed E-state index contributed by atoms with van der Waals surface area (Å²) in [5, 5.41) is 3.66. The van der Waals surface area contributed by atoms with Gasteiger partial charge in [-0.15, -0.1) is 0 Å². The van der Waals surface area contributed by atoms with Crippen LogP contribution in [0.3, 0.4) is 0 Å². The smallest absolute Gasteiger partial charge is 0.264 e. The quantitative estimate of drug-likeness (QED) is 0.286. The van der Waals surface area contributed by atoms with Gasteiger partial charge in [-0.3, -0.25) is 13.9 Å². The van der Waals surface area contributed by atoms with E-state index in [4.69, 9.17) is 11.6 Å². The first-order valence-electron chi connectivity index (χ1n) is 13.3. The van der Waals surface area contributed by atoms with Crippen molar-refractivity contribution in [2.45, 2.75) is 62.6 Å². The van der Waals surface area contributed by atoms with Gasteiger partial charge in [0, 0.05) is 22.1 Å².